The van der Waals surface area contributed by atoms with Gasteiger partial charge in [0, 0.05) is 5.41 Å². The first-order valence-electron chi connectivity index (χ1n) is 5.27. The largest absolute Gasteiger partial charge is 0.392 e. The fourth-order valence-corrected chi connectivity index (χ4v) is 3.06. The van der Waals surface area contributed by atoms with Gasteiger partial charge in [-0.2, -0.15) is 0 Å². The number of cyclic esters (lactones) is 2. The molecule has 1 aliphatic carbocycles. The Balaban J connectivity index is 2.69. The molecular weight excluding hydrogens is 210 g/mol. The van der Waals surface area contributed by atoms with E-state index in [9.17, 15) is 14.4 Å². The molecule has 2 bridgehead atoms. The van der Waals surface area contributed by atoms with Crippen LogP contribution in [0.1, 0.15) is 33.6 Å². The highest BCUT2D eigenvalue weighted by molar-refractivity contribution is 6.10. The number of fused-ring (bicyclic) bond motifs is 2. The third-order valence-electron chi connectivity index (χ3n) is 4.85. The van der Waals surface area contributed by atoms with E-state index < -0.39 is 34.1 Å². The lowest BCUT2D eigenvalue weighted by Gasteiger charge is -2.47. The topological polar surface area (TPSA) is 86.5 Å². The first-order chi connectivity index (χ1) is 7.20. The van der Waals surface area contributed by atoms with Gasteiger partial charge in [0.05, 0.1) is 5.41 Å². The molecule has 5 heteroatoms. The van der Waals surface area contributed by atoms with E-state index in [0.29, 0.717) is 6.42 Å². The fraction of sp³-hybridized carbons (Fsp3) is 0.727. The molecule has 2 fully saturated rings. The second-order valence-electron chi connectivity index (χ2n) is 5.40. The number of primary amides is 1. The van der Waals surface area contributed by atoms with Crippen LogP contribution in [0.2, 0.25) is 0 Å². The van der Waals surface area contributed by atoms with Crippen LogP contribution in [0.15, 0.2) is 0 Å². The maximum Gasteiger partial charge on any atom is 0.329 e. The van der Waals surface area contributed by atoms with Crippen LogP contribution < -0.4 is 5.73 Å². The van der Waals surface area contributed by atoms with Gasteiger partial charge in [0.25, 0.3) is 0 Å². The molecule has 2 rings (SSSR count). The van der Waals surface area contributed by atoms with Crippen molar-refractivity contribution in [2.45, 2.75) is 33.6 Å². The van der Waals surface area contributed by atoms with E-state index in [4.69, 9.17) is 10.5 Å². The Morgan fingerprint density at radius 2 is 1.75 bits per heavy atom. The second-order valence-corrected chi connectivity index (χ2v) is 5.40. The zero-order valence-electron chi connectivity index (χ0n) is 9.62. The normalized spacial score (nSPS) is 40.7. The molecule has 0 unspecified atom stereocenters. The lowest BCUT2D eigenvalue weighted by atomic mass is 9.57. The lowest BCUT2D eigenvalue weighted by molar-refractivity contribution is -0.196. The van der Waals surface area contributed by atoms with Crippen LogP contribution in [0.4, 0.5) is 0 Å². The minimum atomic E-state index is -1.35. The highest BCUT2D eigenvalue weighted by Gasteiger charge is 2.74. The van der Waals surface area contributed by atoms with Crippen LogP contribution in [-0.2, 0) is 19.1 Å². The smallest absolute Gasteiger partial charge is 0.329 e. The number of hydrogen-bond donors (Lipinski definition) is 1. The molecule has 0 aromatic rings. The summed E-state index contributed by atoms with van der Waals surface area (Å²) in [5, 5.41) is 0. The summed E-state index contributed by atoms with van der Waals surface area (Å²) in [4.78, 5) is 35.2. The summed E-state index contributed by atoms with van der Waals surface area (Å²) in [6.45, 7) is 5.21. The van der Waals surface area contributed by atoms with Crippen LogP contribution >= 0.6 is 0 Å². The summed E-state index contributed by atoms with van der Waals surface area (Å²) in [5.74, 6) is -2.03. The van der Waals surface area contributed by atoms with Crippen LogP contribution in [0, 0.1) is 16.2 Å². The summed E-state index contributed by atoms with van der Waals surface area (Å²) >= 11 is 0. The van der Waals surface area contributed by atoms with Crippen molar-refractivity contribution in [2.75, 3.05) is 0 Å². The Labute approximate surface area is 93.3 Å². The fourth-order valence-electron chi connectivity index (χ4n) is 3.06. The van der Waals surface area contributed by atoms with Gasteiger partial charge in [-0.1, -0.05) is 13.8 Å². The molecule has 0 spiro atoms. The maximum atomic E-state index is 11.8. The van der Waals surface area contributed by atoms with Crippen molar-refractivity contribution in [3.8, 4) is 0 Å². The Morgan fingerprint density at radius 3 is 2.25 bits per heavy atom. The van der Waals surface area contributed by atoms with Crippen molar-refractivity contribution in [3.63, 3.8) is 0 Å². The summed E-state index contributed by atoms with van der Waals surface area (Å²) in [5.41, 5.74) is 2.40. The lowest BCUT2D eigenvalue weighted by Crippen LogP contribution is -2.61. The molecule has 1 amide bonds. The number of rotatable bonds is 1. The van der Waals surface area contributed by atoms with Crippen LogP contribution in [0.5, 0.6) is 0 Å². The second kappa shape index (κ2) is 2.64. The van der Waals surface area contributed by atoms with Gasteiger partial charge in [0.1, 0.15) is 0 Å². The van der Waals surface area contributed by atoms with E-state index in [1.54, 1.807) is 20.8 Å². The highest BCUT2D eigenvalue weighted by Crippen LogP contribution is 2.65. The number of amides is 1. The van der Waals surface area contributed by atoms with Gasteiger partial charge in [-0.25, -0.2) is 0 Å². The maximum absolute atomic E-state index is 11.8. The van der Waals surface area contributed by atoms with Gasteiger partial charge in [-0.15, -0.1) is 0 Å². The van der Waals surface area contributed by atoms with Crippen molar-refractivity contribution >= 4 is 17.8 Å². The molecule has 88 valence electrons. The minimum Gasteiger partial charge on any atom is -0.392 e. The SMILES string of the molecule is CC1(C)[C@]2(C(N)=O)CC[C@]1(C)C(=O)OC2=O. The predicted molar refractivity (Wildman–Crippen MR) is 53.8 cm³/mol. The number of ether oxygens (including phenoxy) is 1. The van der Waals surface area contributed by atoms with Crippen molar-refractivity contribution in [1.82, 2.24) is 0 Å². The quantitative estimate of drug-likeness (QED) is 0.516. The average Bonchev–Trinajstić information content (AvgIpc) is 2.29. The predicted octanol–water partition coefficient (Wildman–Crippen LogP) is 0.368. The first kappa shape index (κ1) is 11.1. The van der Waals surface area contributed by atoms with Gasteiger partial charge in [-0.3, -0.25) is 14.4 Å². The third kappa shape index (κ3) is 0.817. The number of nitrogens with two attached hydrogens (primary N) is 1. The van der Waals surface area contributed by atoms with E-state index in [1.165, 1.54) is 0 Å². The van der Waals surface area contributed by atoms with E-state index in [2.05, 4.69) is 0 Å². The van der Waals surface area contributed by atoms with Gasteiger partial charge < -0.3 is 10.5 Å². The average molecular weight is 225 g/mol. The number of hydrogen-bond acceptors (Lipinski definition) is 4. The molecule has 0 aromatic carbocycles. The first-order valence-corrected chi connectivity index (χ1v) is 5.27. The molecule has 2 N–H and O–H groups in total. The van der Waals surface area contributed by atoms with Crippen molar-refractivity contribution in [3.05, 3.63) is 0 Å². The van der Waals surface area contributed by atoms with Gasteiger partial charge in [0.2, 0.25) is 5.91 Å². The Morgan fingerprint density at radius 1 is 1.19 bits per heavy atom. The molecule has 0 aromatic heterocycles. The van der Waals surface area contributed by atoms with Crippen molar-refractivity contribution in [1.29, 1.82) is 0 Å². The summed E-state index contributed by atoms with van der Waals surface area (Å²) < 4.78 is 4.70. The molecule has 0 radical (unpaired) electrons. The van der Waals surface area contributed by atoms with E-state index >= 15 is 0 Å². The van der Waals surface area contributed by atoms with E-state index in [1.807, 2.05) is 0 Å². The Bertz CT molecular complexity index is 414. The van der Waals surface area contributed by atoms with Gasteiger partial charge >= 0.3 is 11.9 Å². The summed E-state index contributed by atoms with van der Waals surface area (Å²) in [6.07, 6.45) is 0.740. The van der Waals surface area contributed by atoms with Gasteiger partial charge in [-0.05, 0) is 19.8 Å². The standard InChI is InChI=1S/C11H15NO4/c1-9(2)10(3)4-5-11(9,6(12)13)8(15)16-7(10)14/h4-5H2,1-3H3,(H2,12,13)/t10-,11+/m1/s1. The van der Waals surface area contributed by atoms with Crippen LogP contribution in [0.3, 0.4) is 0 Å². The Hall–Kier alpha value is -1.39. The summed E-state index contributed by atoms with van der Waals surface area (Å²) in [7, 11) is 0. The number of esters is 2. The molecule has 5 nitrogen and oxygen atoms in total. The van der Waals surface area contributed by atoms with Crippen molar-refractivity contribution < 1.29 is 19.1 Å². The van der Waals surface area contributed by atoms with Crippen molar-refractivity contribution in [2.24, 2.45) is 22.0 Å². The van der Waals surface area contributed by atoms with Crippen LogP contribution in [-0.4, -0.2) is 17.8 Å². The molecule has 16 heavy (non-hydrogen) atoms. The Kier molecular flexibility index (Phi) is 1.84. The van der Waals surface area contributed by atoms with E-state index in [0.717, 1.165) is 0 Å². The third-order valence-corrected chi connectivity index (χ3v) is 4.85. The molecule has 2 atom stereocenters. The number of carbonyl (C=O) groups excluding carboxylic acids is 3. The molecule has 1 saturated carbocycles. The number of carbonyl (C=O) groups is 3. The molecular formula is C11H15NO4. The highest BCUT2D eigenvalue weighted by atomic mass is 16.6. The molecule has 1 saturated heterocycles. The molecule has 2 aliphatic rings. The molecule has 1 aliphatic heterocycles. The molecule has 1 heterocycles. The van der Waals surface area contributed by atoms with Crippen LogP contribution in [0.25, 0.3) is 0 Å². The summed E-state index contributed by atoms with van der Waals surface area (Å²) in [6, 6.07) is 0. The van der Waals surface area contributed by atoms with E-state index in [-0.39, 0.29) is 6.42 Å². The monoisotopic (exact) mass is 225 g/mol. The zero-order valence-corrected chi connectivity index (χ0v) is 9.62. The minimum absolute atomic E-state index is 0.288. The zero-order chi connectivity index (χ0) is 12.4. The van der Waals surface area contributed by atoms with Gasteiger partial charge in [0.15, 0.2) is 5.41 Å².